The summed E-state index contributed by atoms with van der Waals surface area (Å²) in [5, 5.41) is 7.51. The lowest BCUT2D eigenvalue weighted by Crippen LogP contribution is -2.32. The lowest BCUT2D eigenvalue weighted by Gasteiger charge is -2.34. The minimum absolute atomic E-state index is 0.0897. The Balaban J connectivity index is 1.38. The van der Waals surface area contributed by atoms with Crippen molar-refractivity contribution < 1.29 is 0 Å². The van der Waals surface area contributed by atoms with Crippen LogP contribution in [0.25, 0.3) is 32.3 Å². The van der Waals surface area contributed by atoms with Gasteiger partial charge in [-0.3, -0.25) is 9.89 Å². The third-order valence-corrected chi connectivity index (χ3v) is 9.82. The molecular formula is C44H34N4. The van der Waals surface area contributed by atoms with E-state index in [0.717, 1.165) is 28.5 Å². The summed E-state index contributed by atoms with van der Waals surface area (Å²) in [5.74, 6) is 0.899. The van der Waals surface area contributed by atoms with Gasteiger partial charge in [-0.2, -0.15) is 0 Å². The van der Waals surface area contributed by atoms with E-state index < -0.39 is 0 Å². The summed E-state index contributed by atoms with van der Waals surface area (Å²) in [6, 6.07) is 58.9. The molecule has 0 aliphatic carbocycles. The molecule has 9 rings (SSSR count). The van der Waals surface area contributed by atoms with Crippen molar-refractivity contribution in [2.24, 2.45) is 4.99 Å². The summed E-state index contributed by atoms with van der Waals surface area (Å²) in [5.41, 5.74) is 8.02. The normalized spacial score (nSPS) is 14.7. The van der Waals surface area contributed by atoms with Crippen LogP contribution in [0.5, 0.6) is 0 Å². The monoisotopic (exact) mass is 618 g/mol. The number of para-hydroxylation sites is 5. The van der Waals surface area contributed by atoms with Crippen molar-refractivity contribution in [2.75, 3.05) is 28.8 Å². The number of amidine groups is 1. The van der Waals surface area contributed by atoms with Crippen molar-refractivity contribution >= 4 is 66.6 Å². The van der Waals surface area contributed by atoms with Crippen LogP contribution in [0.2, 0.25) is 0 Å². The van der Waals surface area contributed by atoms with Crippen LogP contribution >= 0.6 is 0 Å². The van der Waals surface area contributed by atoms with E-state index >= 15 is 0 Å². The Morgan fingerprint density at radius 2 is 1.12 bits per heavy atom. The average Bonchev–Trinajstić information content (AvgIpc) is 3.45. The molecule has 0 radical (unpaired) electrons. The predicted molar refractivity (Wildman–Crippen MR) is 204 cm³/mol. The molecule has 0 aromatic heterocycles. The number of hydrogen-bond donors (Lipinski definition) is 0. The summed E-state index contributed by atoms with van der Waals surface area (Å²) in [7, 11) is 4.14. The van der Waals surface area contributed by atoms with Gasteiger partial charge in [-0.05, 0) is 86.9 Å². The summed E-state index contributed by atoms with van der Waals surface area (Å²) in [6.45, 7) is 0. The van der Waals surface area contributed by atoms with Crippen molar-refractivity contribution in [2.45, 2.75) is 6.17 Å². The molecule has 48 heavy (non-hydrogen) atoms. The summed E-state index contributed by atoms with van der Waals surface area (Å²) < 4.78 is 0. The van der Waals surface area contributed by atoms with E-state index in [1.807, 2.05) is 7.05 Å². The zero-order valence-electron chi connectivity index (χ0n) is 27.0. The fourth-order valence-electron chi connectivity index (χ4n) is 7.77. The molecule has 0 bridgehead atoms. The third kappa shape index (κ3) is 4.26. The van der Waals surface area contributed by atoms with E-state index in [-0.39, 0.29) is 6.17 Å². The first-order chi connectivity index (χ1) is 23.7. The lowest BCUT2D eigenvalue weighted by atomic mass is 9.87. The van der Waals surface area contributed by atoms with E-state index in [1.54, 1.807) is 0 Å². The molecule has 0 amide bonds. The van der Waals surface area contributed by atoms with Crippen molar-refractivity contribution in [1.82, 2.24) is 0 Å². The molecule has 1 unspecified atom stereocenters. The Labute approximate surface area is 280 Å². The second kappa shape index (κ2) is 11.3. The van der Waals surface area contributed by atoms with Crippen molar-refractivity contribution in [3.63, 3.8) is 0 Å². The van der Waals surface area contributed by atoms with Gasteiger partial charge in [0.1, 0.15) is 12.0 Å². The Kier molecular flexibility index (Phi) is 6.61. The first kappa shape index (κ1) is 28.1. The molecule has 1 aliphatic rings. The predicted octanol–water partition coefficient (Wildman–Crippen LogP) is 11.1. The SMILES string of the molecule is CN=C(c1cc(C2N(C)c3ccccc3N2c2ccccc2)c2ccc3cccc4ccc1c2c43)N(c1ccccc1)c1ccccc1. The molecule has 0 spiro atoms. The van der Waals surface area contributed by atoms with Gasteiger partial charge >= 0.3 is 0 Å². The Bertz CT molecular complexity index is 2380. The minimum atomic E-state index is -0.0897. The molecule has 1 heterocycles. The molecule has 0 saturated carbocycles. The fourth-order valence-corrected chi connectivity index (χ4v) is 7.77. The molecular weight excluding hydrogens is 585 g/mol. The van der Waals surface area contributed by atoms with Crippen LogP contribution in [0.4, 0.5) is 28.4 Å². The van der Waals surface area contributed by atoms with Gasteiger partial charge in [0.2, 0.25) is 0 Å². The van der Waals surface area contributed by atoms with Crippen LogP contribution in [-0.2, 0) is 0 Å². The highest BCUT2D eigenvalue weighted by Gasteiger charge is 2.37. The Hall–Kier alpha value is -6.13. The number of benzene rings is 8. The van der Waals surface area contributed by atoms with Gasteiger partial charge in [-0.25, -0.2) is 0 Å². The molecule has 0 N–H and O–H groups in total. The first-order valence-electron chi connectivity index (χ1n) is 16.5. The molecule has 0 fully saturated rings. The third-order valence-electron chi connectivity index (χ3n) is 9.82. The van der Waals surface area contributed by atoms with E-state index in [1.165, 1.54) is 49.3 Å². The first-order valence-corrected chi connectivity index (χ1v) is 16.5. The highest BCUT2D eigenvalue weighted by Crippen LogP contribution is 2.52. The van der Waals surface area contributed by atoms with E-state index in [9.17, 15) is 0 Å². The smallest absolute Gasteiger partial charge is 0.140 e. The molecule has 1 aliphatic heterocycles. The second-order valence-corrected chi connectivity index (χ2v) is 12.4. The number of aliphatic imine (C=N–C) groups is 1. The van der Waals surface area contributed by atoms with Gasteiger partial charge in [0.15, 0.2) is 0 Å². The maximum absolute atomic E-state index is 5.11. The van der Waals surface area contributed by atoms with Crippen LogP contribution in [0, 0.1) is 0 Å². The number of fused-ring (bicyclic) bond motifs is 1. The van der Waals surface area contributed by atoms with Crippen LogP contribution in [0.1, 0.15) is 17.3 Å². The maximum atomic E-state index is 5.11. The van der Waals surface area contributed by atoms with Crippen molar-refractivity contribution in [3.05, 3.63) is 175 Å². The fraction of sp³-hybridized carbons (Fsp3) is 0.0682. The largest absolute Gasteiger partial charge is 0.348 e. The molecule has 1 atom stereocenters. The van der Waals surface area contributed by atoms with Gasteiger partial charge in [0.05, 0.1) is 11.4 Å². The quantitative estimate of drug-likeness (QED) is 0.109. The van der Waals surface area contributed by atoms with Gasteiger partial charge in [-0.15, -0.1) is 0 Å². The van der Waals surface area contributed by atoms with Gasteiger partial charge in [0, 0.05) is 42.3 Å². The number of hydrogen-bond acceptors (Lipinski definition) is 3. The summed E-state index contributed by atoms with van der Waals surface area (Å²) in [6.07, 6.45) is -0.0897. The molecule has 4 nitrogen and oxygen atoms in total. The minimum Gasteiger partial charge on any atom is -0.348 e. The topological polar surface area (TPSA) is 22.1 Å². The maximum Gasteiger partial charge on any atom is 0.140 e. The number of rotatable bonds is 5. The Morgan fingerprint density at radius 1 is 0.562 bits per heavy atom. The van der Waals surface area contributed by atoms with Gasteiger partial charge in [0.25, 0.3) is 0 Å². The molecule has 4 heteroatoms. The summed E-state index contributed by atoms with van der Waals surface area (Å²) >= 11 is 0. The van der Waals surface area contributed by atoms with Crippen LogP contribution in [0.3, 0.4) is 0 Å². The van der Waals surface area contributed by atoms with Crippen LogP contribution < -0.4 is 14.7 Å². The van der Waals surface area contributed by atoms with Gasteiger partial charge in [-0.1, -0.05) is 109 Å². The van der Waals surface area contributed by atoms with Crippen molar-refractivity contribution in [3.8, 4) is 0 Å². The standard InChI is InChI=1S/C44H34N4/c1-45-43(47(32-17-6-3-7-18-32)33-19-8-4-9-20-33)37-29-38(36-28-26-31-16-14-15-30-25-27-35(37)42(36)41(30)31)44-46(2)39-23-12-13-24-40(39)48(44)34-21-10-5-11-22-34/h3-29,44H,1-2H3. The molecule has 230 valence electrons. The van der Waals surface area contributed by atoms with Crippen LogP contribution in [0.15, 0.2) is 169 Å². The van der Waals surface area contributed by atoms with E-state index in [0.29, 0.717) is 0 Å². The Morgan fingerprint density at radius 3 is 1.75 bits per heavy atom. The van der Waals surface area contributed by atoms with E-state index in [4.69, 9.17) is 4.99 Å². The zero-order chi connectivity index (χ0) is 32.2. The van der Waals surface area contributed by atoms with Crippen LogP contribution in [-0.4, -0.2) is 19.9 Å². The number of nitrogens with zero attached hydrogens (tertiary/aromatic N) is 4. The second-order valence-electron chi connectivity index (χ2n) is 12.4. The number of anilines is 5. The van der Waals surface area contributed by atoms with Crippen molar-refractivity contribution in [1.29, 1.82) is 0 Å². The zero-order valence-corrected chi connectivity index (χ0v) is 27.0. The highest BCUT2D eigenvalue weighted by molar-refractivity contribution is 6.30. The van der Waals surface area contributed by atoms with Gasteiger partial charge < -0.3 is 9.80 Å². The lowest BCUT2D eigenvalue weighted by molar-refractivity contribution is 0.724. The molecule has 8 aromatic carbocycles. The molecule has 8 aromatic rings. The van der Waals surface area contributed by atoms with E-state index in [2.05, 4.69) is 186 Å². The highest BCUT2D eigenvalue weighted by atomic mass is 15.4. The summed E-state index contributed by atoms with van der Waals surface area (Å²) in [4.78, 5) is 12.3. The average molecular weight is 619 g/mol. The molecule has 0 saturated heterocycles.